The van der Waals surface area contributed by atoms with E-state index < -0.39 is 5.92 Å². The van der Waals surface area contributed by atoms with E-state index >= 15 is 0 Å². The van der Waals surface area contributed by atoms with Crippen LogP contribution in [0.25, 0.3) is 55.7 Å². The number of aromatic nitrogens is 5. The molecule has 0 amide bonds. The standard InChI is InChI=1S/C30H23F3N6/c31-22-4-1-3-20(12-22)23-5-2-6-26-27(23)36-29(35-26)28-24-13-19(7-8-25(24)37-38-28)21-11-18(14-34-15-21)16-39-10-9-30(32,33)17-39/h1-8,11-15H,9-10,16-17H2,(H,35,36)(H,37,38). The van der Waals surface area contributed by atoms with Gasteiger partial charge in [-0.25, -0.2) is 18.2 Å². The number of nitrogens with one attached hydrogen (secondary N) is 2. The highest BCUT2D eigenvalue weighted by Crippen LogP contribution is 2.34. The summed E-state index contributed by atoms with van der Waals surface area (Å²) in [4.78, 5) is 14.4. The van der Waals surface area contributed by atoms with Crippen molar-refractivity contribution < 1.29 is 13.2 Å². The number of halogens is 3. The molecular formula is C30H23F3N6. The highest BCUT2D eigenvalue weighted by molar-refractivity contribution is 5.98. The Bertz CT molecular complexity index is 1840. The van der Waals surface area contributed by atoms with Crippen LogP contribution in [0.3, 0.4) is 0 Å². The van der Waals surface area contributed by atoms with Gasteiger partial charge in [0, 0.05) is 48.4 Å². The molecule has 3 aromatic heterocycles. The number of para-hydroxylation sites is 1. The Morgan fingerprint density at radius 3 is 2.64 bits per heavy atom. The minimum absolute atomic E-state index is 0.106. The zero-order chi connectivity index (χ0) is 26.6. The second-order valence-electron chi connectivity index (χ2n) is 10.0. The van der Waals surface area contributed by atoms with Gasteiger partial charge < -0.3 is 4.98 Å². The van der Waals surface area contributed by atoms with E-state index in [1.54, 1.807) is 23.4 Å². The Kier molecular flexibility index (Phi) is 5.48. The van der Waals surface area contributed by atoms with E-state index in [0.717, 1.165) is 49.8 Å². The van der Waals surface area contributed by atoms with Crippen LogP contribution in [-0.2, 0) is 6.54 Å². The van der Waals surface area contributed by atoms with Crippen molar-refractivity contribution >= 4 is 21.9 Å². The van der Waals surface area contributed by atoms with E-state index in [4.69, 9.17) is 4.98 Å². The van der Waals surface area contributed by atoms with Crippen LogP contribution in [0.4, 0.5) is 13.2 Å². The van der Waals surface area contributed by atoms with Crippen LogP contribution in [0.2, 0.25) is 0 Å². The molecular weight excluding hydrogens is 501 g/mol. The summed E-state index contributed by atoms with van der Waals surface area (Å²) in [6, 6.07) is 20.2. The molecule has 9 heteroatoms. The van der Waals surface area contributed by atoms with Gasteiger partial charge in [0.25, 0.3) is 5.92 Å². The van der Waals surface area contributed by atoms with E-state index in [1.165, 1.54) is 12.1 Å². The molecule has 3 aromatic carbocycles. The van der Waals surface area contributed by atoms with Gasteiger partial charge in [0.2, 0.25) is 0 Å². The number of H-pyrrole nitrogens is 2. The molecule has 0 bridgehead atoms. The van der Waals surface area contributed by atoms with Gasteiger partial charge in [-0.15, -0.1) is 0 Å². The van der Waals surface area contributed by atoms with E-state index in [0.29, 0.717) is 24.6 Å². The quantitative estimate of drug-likeness (QED) is 0.260. The summed E-state index contributed by atoms with van der Waals surface area (Å²) in [7, 11) is 0. The second-order valence-corrected chi connectivity index (χ2v) is 10.0. The molecule has 0 radical (unpaired) electrons. The van der Waals surface area contributed by atoms with Gasteiger partial charge in [0.05, 0.1) is 23.1 Å². The average Bonchev–Trinajstić information content (AvgIpc) is 3.64. The third kappa shape index (κ3) is 4.44. The molecule has 0 unspecified atom stereocenters. The van der Waals surface area contributed by atoms with Gasteiger partial charge in [-0.3, -0.25) is 15.0 Å². The van der Waals surface area contributed by atoms with Crippen LogP contribution < -0.4 is 0 Å². The van der Waals surface area contributed by atoms with Crippen molar-refractivity contribution in [1.82, 2.24) is 30.0 Å². The molecule has 6 aromatic rings. The molecule has 1 aliphatic rings. The molecule has 1 fully saturated rings. The molecule has 0 atom stereocenters. The number of hydrogen-bond donors (Lipinski definition) is 2. The number of imidazole rings is 1. The van der Waals surface area contributed by atoms with Crippen molar-refractivity contribution in [2.24, 2.45) is 0 Å². The molecule has 4 heterocycles. The number of hydrogen-bond acceptors (Lipinski definition) is 4. The lowest BCUT2D eigenvalue weighted by Gasteiger charge is -2.15. The largest absolute Gasteiger partial charge is 0.337 e. The van der Waals surface area contributed by atoms with Crippen molar-refractivity contribution in [3.8, 4) is 33.8 Å². The summed E-state index contributed by atoms with van der Waals surface area (Å²) in [5, 5.41) is 8.50. The molecule has 6 nitrogen and oxygen atoms in total. The molecule has 1 aliphatic heterocycles. The Balaban J connectivity index is 1.25. The SMILES string of the molecule is Fc1cccc(-c2cccc3[nH]c(-c4n[nH]c5ccc(-c6cncc(CN7CCC(F)(F)C7)c6)cc45)nc23)c1. The van der Waals surface area contributed by atoms with Crippen molar-refractivity contribution in [3.63, 3.8) is 0 Å². The first-order valence-electron chi connectivity index (χ1n) is 12.7. The minimum Gasteiger partial charge on any atom is -0.337 e. The number of benzene rings is 3. The maximum atomic E-state index is 13.9. The monoisotopic (exact) mass is 524 g/mol. The van der Waals surface area contributed by atoms with E-state index in [2.05, 4.69) is 20.2 Å². The molecule has 0 spiro atoms. The maximum absolute atomic E-state index is 13.9. The molecule has 2 N–H and O–H groups in total. The maximum Gasteiger partial charge on any atom is 0.261 e. The van der Waals surface area contributed by atoms with Crippen LogP contribution in [0, 0.1) is 5.82 Å². The topological polar surface area (TPSA) is 73.5 Å². The van der Waals surface area contributed by atoms with Crippen molar-refractivity contribution in [1.29, 1.82) is 0 Å². The summed E-state index contributed by atoms with van der Waals surface area (Å²) < 4.78 is 41.2. The number of aromatic amines is 2. The highest BCUT2D eigenvalue weighted by atomic mass is 19.3. The summed E-state index contributed by atoms with van der Waals surface area (Å²) in [6.07, 6.45) is 3.40. The lowest BCUT2D eigenvalue weighted by Crippen LogP contribution is -2.24. The Morgan fingerprint density at radius 1 is 0.897 bits per heavy atom. The number of alkyl halides is 2. The van der Waals surface area contributed by atoms with Crippen LogP contribution in [0.1, 0.15) is 12.0 Å². The fourth-order valence-electron chi connectivity index (χ4n) is 5.34. The first kappa shape index (κ1) is 23.6. The van der Waals surface area contributed by atoms with Gasteiger partial charge >= 0.3 is 0 Å². The highest BCUT2D eigenvalue weighted by Gasteiger charge is 2.37. The summed E-state index contributed by atoms with van der Waals surface area (Å²) in [6.45, 7) is 0.586. The van der Waals surface area contributed by atoms with Gasteiger partial charge in [-0.2, -0.15) is 5.10 Å². The number of fused-ring (bicyclic) bond motifs is 2. The molecule has 0 aliphatic carbocycles. The van der Waals surface area contributed by atoms with Gasteiger partial charge in [0.15, 0.2) is 5.82 Å². The first-order chi connectivity index (χ1) is 18.9. The van der Waals surface area contributed by atoms with Crippen molar-refractivity contribution in [3.05, 3.63) is 90.5 Å². The number of nitrogens with zero attached hydrogens (tertiary/aromatic N) is 4. The van der Waals surface area contributed by atoms with Gasteiger partial charge in [-0.1, -0.05) is 30.3 Å². The number of likely N-dealkylation sites (tertiary alicyclic amines) is 1. The zero-order valence-electron chi connectivity index (χ0n) is 20.8. The fraction of sp³-hybridized carbons (Fsp3) is 0.167. The van der Waals surface area contributed by atoms with Crippen molar-refractivity contribution in [2.75, 3.05) is 13.1 Å². The molecule has 7 rings (SSSR count). The second kappa shape index (κ2) is 9.06. The minimum atomic E-state index is -2.62. The van der Waals surface area contributed by atoms with Crippen LogP contribution >= 0.6 is 0 Å². The van der Waals surface area contributed by atoms with Crippen LogP contribution in [0.15, 0.2) is 79.1 Å². The predicted octanol–water partition coefficient (Wildman–Crippen LogP) is 6.82. The van der Waals surface area contributed by atoms with Gasteiger partial charge in [0.1, 0.15) is 11.5 Å². The average molecular weight is 525 g/mol. The van der Waals surface area contributed by atoms with Gasteiger partial charge in [-0.05, 0) is 53.1 Å². The third-order valence-corrected chi connectivity index (χ3v) is 7.22. The number of rotatable bonds is 5. The lowest BCUT2D eigenvalue weighted by molar-refractivity contribution is 0.0115. The zero-order valence-corrected chi connectivity index (χ0v) is 20.8. The van der Waals surface area contributed by atoms with Crippen molar-refractivity contribution in [2.45, 2.75) is 18.9 Å². The van der Waals surface area contributed by atoms with Crippen LogP contribution in [0.5, 0.6) is 0 Å². The number of pyridine rings is 1. The first-order valence-corrected chi connectivity index (χ1v) is 12.7. The van der Waals surface area contributed by atoms with E-state index in [-0.39, 0.29) is 18.8 Å². The normalized spacial score (nSPS) is 15.5. The van der Waals surface area contributed by atoms with Crippen LogP contribution in [-0.4, -0.2) is 49.1 Å². The molecule has 39 heavy (non-hydrogen) atoms. The summed E-state index contributed by atoms with van der Waals surface area (Å²) >= 11 is 0. The fourth-order valence-corrected chi connectivity index (χ4v) is 5.34. The Labute approximate surface area is 221 Å². The predicted molar refractivity (Wildman–Crippen MR) is 145 cm³/mol. The molecule has 0 saturated carbocycles. The lowest BCUT2D eigenvalue weighted by atomic mass is 10.0. The van der Waals surface area contributed by atoms with E-state index in [1.807, 2.05) is 48.5 Å². The third-order valence-electron chi connectivity index (χ3n) is 7.22. The van der Waals surface area contributed by atoms with E-state index in [9.17, 15) is 13.2 Å². The Morgan fingerprint density at radius 2 is 1.79 bits per heavy atom. The molecule has 1 saturated heterocycles. The smallest absolute Gasteiger partial charge is 0.261 e. The summed E-state index contributed by atoms with van der Waals surface area (Å²) in [5.41, 5.74) is 7.36. The Hall–Kier alpha value is -4.50. The summed E-state index contributed by atoms with van der Waals surface area (Å²) in [5.74, 6) is -2.33. The molecule has 194 valence electrons.